The maximum absolute atomic E-state index is 11.8. The molecule has 4 heteroatoms. The summed E-state index contributed by atoms with van der Waals surface area (Å²) in [5.41, 5.74) is 5.02. The van der Waals surface area contributed by atoms with E-state index in [1.54, 1.807) is 18.8 Å². The molecule has 0 saturated heterocycles. The van der Waals surface area contributed by atoms with Crippen molar-refractivity contribution in [2.75, 3.05) is 7.05 Å². The summed E-state index contributed by atoms with van der Waals surface area (Å²) in [4.78, 5) is 19.0. The number of carbonyl (C=O) groups is 1. The first-order valence-corrected chi connectivity index (χ1v) is 8.16. The molecule has 3 nitrogen and oxygen atoms in total. The lowest BCUT2D eigenvalue weighted by Gasteiger charge is -2.08. The monoisotopic (exact) mass is 310 g/mol. The number of carbonyl (C=O) groups excluding carboxylic acids is 1. The van der Waals surface area contributed by atoms with Crippen molar-refractivity contribution in [3.63, 3.8) is 0 Å². The van der Waals surface area contributed by atoms with Crippen LogP contribution in [0.15, 0.2) is 51.2 Å². The summed E-state index contributed by atoms with van der Waals surface area (Å²) in [5, 5.41) is 2.66. The summed E-state index contributed by atoms with van der Waals surface area (Å²) in [5.74, 6) is -0.0846. The van der Waals surface area contributed by atoms with E-state index in [9.17, 15) is 4.79 Å². The van der Waals surface area contributed by atoms with E-state index in [0.29, 0.717) is 5.56 Å². The first-order chi connectivity index (χ1) is 10.6. The Morgan fingerprint density at radius 1 is 1.18 bits per heavy atom. The van der Waals surface area contributed by atoms with Crippen LogP contribution in [0.25, 0.3) is 0 Å². The Hall–Kier alpha value is -2.07. The molecular weight excluding hydrogens is 292 g/mol. The van der Waals surface area contributed by atoms with Gasteiger partial charge in [-0.2, -0.15) is 0 Å². The Bertz CT molecular complexity index is 781. The molecule has 1 aliphatic rings. The van der Waals surface area contributed by atoms with Gasteiger partial charge in [-0.3, -0.25) is 9.79 Å². The molecule has 2 aromatic rings. The Balaban J connectivity index is 2.16. The molecule has 2 aromatic carbocycles. The summed E-state index contributed by atoms with van der Waals surface area (Å²) in [6.07, 6.45) is 0.862. The summed E-state index contributed by atoms with van der Waals surface area (Å²) in [6.45, 7) is 4.21. The molecule has 0 aliphatic carbocycles. The zero-order valence-corrected chi connectivity index (χ0v) is 13.8. The van der Waals surface area contributed by atoms with E-state index in [4.69, 9.17) is 4.99 Å². The molecular formula is C18H18N2OS. The average Bonchev–Trinajstić information content (AvgIpc) is 2.69. The zero-order valence-electron chi connectivity index (χ0n) is 12.9. The SMILES string of the molecule is CCC1=Nc2cc(C(=O)NC)ccc2Sc2ccc(C)cc21. The van der Waals surface area contributed by atoms with Gasteiger partial charge in [-0.15, -0.1) is 0 Å². The molecule has 0 unspecified atom stereocenters. The van der Waals surface area contributed by atoms with Crippen LogP contribution in [0.5, 0.6) is 0 Å². The average molecular weight is 310 g/mol. The van der Waals surface area contributed by atoms with Crippen LogP contribution < -0.4 is 5.32 Å². The Morgan fingerprint density at radius 3 is 2.68 bits per heavy atom. The van der Waals surface area contributed by atoms with Gasteiger partial charge in [0.1, 0.15) is 0 Å². The third kappa shape index (κ3) is 2.66. The van der Waals surface area contributed by atoms with Gasteiger partial charge in [-0.05, 0) is 43.7 Å². The molecule has 1 heterocycles. The van der Waals surface area contributed by atoms with Gasteiger partial charge in [0, 0.05) is 33.7 Å². The highest BCUT2D eigenvalue weighted by Gasteiger charge is 2.18. The third-order valence-corrected chi connectivity index (χ3v) is 4.85. The molecule has 0 fully saturated rings. The summed E-state index contributed by atoms with van der Waals surface area (Å²) >= 11 is 1.71. The van der Waals surface area contributed by atoms with Crippen molar-refractivity contribution in [3.05, 3.63) is 53.1 Å². The van der Waals surface area contributed by atoms with Crippen LogP contribution in [-0.2, 0) is 0 Å². The van der Waals surface area contributed by atoms with E-state index in [-0.39, 0.29) is 5.91 Å². The first kappa shape index (κ1) is 14.9. The number of rotatable bonds is 2. The molecule has 1 amide bonds. The standard InChI is InChI=1S/C18H18N2OS/c1-4-14-13-9-11(2)5-7-16(13)22-17-8-6-12(18(21)19-3)10-15(17)20-14/h5-10H,4H2,1-3H3,(H,19,21). The highest BCUT2D eigenvalue weighted by Crippen LogP contribution is 2.41. The van der Waals surface area contributed by atoms with Gasteiger partial charge in [-0.1, -0.05) is 30.3 Å². The topological polar surface area (TPSA) is 41.5 Å². The summed E-state index contributed by atoms with van der Waals surface area (Å²) in [6, 6.07) is 12.2. The highest BCUT2D eigenvalue weighted by atomic mass is 32.2. The predicted octanol–water partition coefficient (Wildman–Crippen LogP) is 4.35. The van der Waals surface area contributed by atoms with Crippen LogP contribution >= 0.6 is 11.8 Å². The predicted molar refractivity (Wildman–Crippen MR) is 91.6 cm³/mol. The minimum Gasteiger partial charge on any atom is -0.355 e. The molecule has 0 bridgehead atoms. The van der Waals surface area contributed by atoms with Crippen molar-refractivity contribution >= 4 is 29.1 Å². The fourth-order valence-corrected chi connectivity index (χ4v) is 3.53. The maximum Gasteiger partial charge on any atom is 0.251 e. The smallest absolute Gasteiger partial charge is 0.251 e. The third-order valence-electron chi connectivity index (χ3n) is 3.70. The van der Waals surface area contributed by atoms with Gasteiger partial charge in [0.05, 0.1) is 5.69 Å². The van der Waals surface area contributed by atoms with Gasteiger partial charge in [0.25, 0.3) is 5.91 Å². The molecule has 0 saturated carbocycles. The normalized spacial score (nSPS) is 12.8. The van der Waals surface area contributed by atoms with E-state index < -0.39 is 0 Å². The van der Waals surface area contributed by atoms with Crippen LogP contribution in [0.3, 0.4) is 0 Å². The van der Waals surface area contributed by atoms with Gasteiger partial charge >= 0.3 is 0 Å². The van der Waals surface area contributed by atoms with E-state index in [0.717, 1.165) is 22.7 Å². The van der Waals surface area contributed by atoms with Gasteiger partial charge in [-0.25, -0.2) is 0 Å². The molecule has 1 aliphatic heterocycles. The minimum absolute atomic E-state index is 0.0846. The lowest BCUT2D eigenvalue weighted by molar-refractivity contribution is 0.0963. The van der Waals surface area contributed by atoms with E-state index in [1.165, 1.54) is 16.0 Å². The van der Waals surface area contributed by atoms with Crippen molar-refractivity contribution in [3.8, 4) is 0 Å². The first-order valence-electron chi connectivity index (χ1n) is 7.35. The molecule has 0 aromatic heterocycles. The Labute approximate surface area is 134 Å². The number of amides is 1. The molecule has 22 heavy (non-hydrogen) atoms. The summed E-state index contributed by atoms with van der Waals surface area (Å²) in [7, 11) is 1.64. The van der Waals surface area contributed by atoms with Crippen LogP contribution in [-0.4, -0.2) is 18.7 Å². The van der Waals surface area contributed by atoms with Crippen molar-refractivity contribution in [2.45, 2.75) is 30.1 Å². The number of benzene rings is 2. The minimum atomic E-state index is -0.0846. The quantitative estimate of drug-likeness (QED) is 0.896. The van der Waals surface area contributed by atoms with E-state index in [2.05, 4.69) is 37.4 Å². The van der Waals surface area contributed by atoms with E-state index >= 15 is 0 Å². The summed E-state index contributed by atoms with van der Waals surface area (Å²) < 4.78 is 0. The number of hydrogen-bond donors (Lipinski definition) is 1. The fourth-order valence-electron chi connectivity index (χ4n) is 2.53. The second-order valence-corrected chi connectivity index (χ2v) is 6.36. The number of aliphatic imine (C=N–C) groups is 1. The Kier molecular flexibility index (Phi) is 4.03. The molecule has 1 N–H and O–H groups in total. The molecule has 0 spiro atoms. The van der Waals surface area contributed by atoms with Crippen LogP contribution in [0.4, 0.5) is 5.69 Å². The lowest BCUT2D eigenvalue weighted by atomic mass is 10.1. The number of nitrogens with one attached hydrogen (secondary N) is 1. The van der Waals surface area contributed by atoms with Crippen molar-refractivity contribution in [1.29, 1.82) is 0 Å². The highest BCUT2D eigenvalue weighted by molar-refractivity contribution is 7.99. The number of aryl methyl sites for hydroxylation is 1. The second-order valence-electron chi connectivity index (χ2n) is 5.28. The van der Waals surface area contributed by atoms with Crippen molar-refractivity contribution < 1.29 is 4.79 Å². The van der Waals surface area contributed by atoms with Gasteiger partial charge < -0.3 is 5.32 Å². The molecule has 112 valence electrons. The number of fused-ring (bicyclic) bond motifs is 2. The maximum atomic E-state index is 11.8. The largest absolute Gasteiger partial charge is 0.355 e. The fraction of sp³-hybridized carbons (Fsp3) is 0.222. The zero-order chi connectivity index (χ0) is 15.7. The lowest BCUT2D eigenvalue weighted by Crippen LogP contribution is -2.17. The van der Waals surface area contributed by atoms with E-state index in [1.807, 2.05) is 18.2 Å². The van der Waals surface area contributed by atoms with Crippen molar-refractivity contribution in [1.82, 2.24) is 5.32 Å². The Morgan fingerprint density at radius 2 is 1.95 bits per heavy atom. The van der Waals surface area contributed by atoms with Gasteiger partial charge in [0.15, 0.2) is 0 Å². The van der Waals surface area contributed by atoms with Gasteiger partial charge in [0.2, 0.25) is 0 Å². The molecule has 0 atom stereocenters. The second kappa shape index (κ2) is 5.97. The van der Waals surface area contributed by atoms with Crippen molar-refractivity contribution in [2.24, 2.45) is 4.99 Å². The van der Waals surface area contributed by atoms with Crippen LogP contribution in [0.2, 0.25) is 0 Å². The van der Waals surface area contributed by atoms with Crippen LogP contribution in [0, 0.1) is 6.92 Å². The number of hydrogen-bond acceptors (Lipinski definition) is 3. The number of nitrogens with zero attached hydrogens (tertiary/aromatic N) is 1. The molecule has 3 rings (SSSR count). The van der Waals surface area contributed by atoms with Crippen LogP contribution in [0.1, 0.15) is 34.8 Å². The molecule has 0 radical (unpaired) electrons.